The summed E-state index contributed by atoms with van der Waals surface area (Å²) in [6.07, 6.45) is 0.826. The molecular weight excluding hydrogens is 204 g/mol. The molecule has 1 atom stereocenters. The van der Waals surface area contributed by atoms with Gasteiger partial charge in [0, 0.05) is 6.54 Å². The van der Waals surface area contributed by atoms with Crippen molar-refractivity contribution in [1.29, 1.82) is 0 Å². The van der Waals surface area contributed by atoms with Crippen LogP contribution in [0.2, 0.25) is 0 Å². The first-order valence-corrected chi connectivity index (χ1v) is 5.42. The van der Waals surface area contributed by atoms with Crippen molar-refractivity contribution in [2.75, 3.05) is 18.4 Å². The first-order valence-electron chi connectivity index (χ1n) is 5.42. The minimum atomic E-state index is -0.373. The van der Waals surface area contributed by atoms with Gasteiger partial charge in [-0.3, -0.25) is 4.79 Å². The largest absolute Gasteiger partial charge is 0.506 e. The van der Waals surface area contributed by atoms with Crippen molar-refractivity contribution < 1.29 is 9.90 Å². The SMILES string of the molecule is CC1(C(=O)Nc2ccccc2O)CCNC1. The third-order valence-corrected chi connectivity index (χ3v) is 3.07. The van der Waals surface area contributed by atoms with Crippen molar-refractivity contribution in [1.82, 2.24) is 5.32 Å². The average Bonchev–Trinajstić information content (AvgIpc) is 2.70. The Morgan fingerprint density at radius 1 is 1.50 bits per heavy atom. The molecule has 4 nitrogen and oxygen atoms in total. The van der Waals surface area contributed by atoms with Gasteiger partial charge in [-0.1, -0.05) is 12.1 Å². The number of para-hydroxylation sites is 2. The molecule has 0 spiro atoms. The highest BCUT2D eigenvalue weighted by Gasteiger charge is 2.36. The van der Waals surface area contributed by atoms with E-state index in [9.17, 15) is 9.90 Å². The fourth-order valence-electron chi connectivity index (χ4n) is 1.86. The molecule has 1 heterocycles. The molecule has 2 rings (SSSR count). The number of phenolic OH excluding ortho intramolecular Hbond substituents is 1. The predicted octanol–water partition coefficient (Wildman–Crippen LogP) is 1.33. The van der Waals surface area contributed by atoms with E-state index in [0.717, 1.165) is 13.0 Å². The minimum Gasteiger partial charge on any atom is -0.506 e. The van der Waals surface area contributed by atoms with Gasteiger partial charge in [0.05, 0.1) is 11.1 Å². The quantitative estimate of drug-likeness (QED) is 0.659. The summed E-state index contributed by atoms with van der Waals surface area (Å²) in [6.45, 7) is 3.49. The molecule has 1 amide bonds. The molecule has 1 saturated heterocycles. The molecule has 1 aliphatic heterocycles. The number of nitrogens with one attached hydrogen (secondary N) is 2. The lowest BCUT2D eigenvalue weighted by atomic mass is 9.89. The summed E-state index contributed by atoms with van der Waals surface area (Å²) in [5.74, 6) is 0.0596. The van der Waals surface area contributed by atoms with Gasteiger partial charge in [0.1, 0.15) is 5.75 Å². The van der Waals surface area contributed by atoms with Gasteiger partial charge in [0.2, 0.25) is 5.91 Å². The minimum absolute atomic E-state index is 0.0426. The summed E-state index contributed by atoms with van der Waals surface area (Å²) >= 11 is 0. The van der Waals surface area contributed by atoms with E-state index in [0.29, 0.717) is 12.2 Å². The lowest BCUT2D eigenvalue weighted by molar-refractivity contribution is -0.123. The van der Waals surface area contributed by atoms with Crippen LogP contribution < -0.4 is 10.6 Å². The van der Waals surface area contributed by atoms with E-state index in [4.69, 9.17) is 0 Å². The molecule has 86 valence electrons. The lowest BCUT2D eigenvalue weighted by Crippen LogP contribution is -2.35. The summed E-state index contributed by atoms with van der Waals surface area (Å²) in [6, 6.07) is 6.76. The van der Waals surface area contributed by atoms with Crippen LogP contribution in [0.3, 0.4) is 0 Å². The molecule has 1 aliphatic rings. The number of hydrogen-bond donors (Lipinski definition) is 3. The Morgan fingerprint density at radius 2 is 2.25 bits per heavy atom. The number of amides is 1. The highest BCUT2D eigenvalue weighted by Crippen LogP contribution is 2.28. The van der Waals surface area contributed by atoms with Crippen molar-refractivity contribution >= 4 is 11.6 Å². The molecule has 0 aromatic heterocycles. The lowest BCUT2D eigenvalue weighted by Gasteiger charge is -2.21. The zero-order valence-electron chi connectivity index (χ0n) is 9.29. The van der Waals surface area contributed by atoms with Crippen molar-refractivity contribution in [3.05, 3.63) is 24.3 Å². The van der Waals surface area contributed by atoms with Crippen LogP contribution in [0.15, 0.2) is 24.3 Å². The van der Waals surface area contributed by atoms with Gasteiger partial charge in [0.15, 0.2) is 0 Å². The van der Waals surface area contributed by atoms with Crippen molar-refractivity contribution in [2.45, 2.75) is 13.3 Å². The van der Waals surface area contributed by atoms with Crippen molar-refractivity contribution in [3.63, 3.8) is 0 Å². The molecule has 1 unspecified atom stereocenters. The van der Waals surface area contributed by atoms with Gasteiger partial charge in [0.25, 0.3) is 0 Å². The third kappa shape index (κ3) is 2.02. The van der Waals surface area contributed by atoms with E-state index < -0.39 is 0 Å². The smallest absolute Gasteiger partial charge is 0.231 e. The van der Waals surface area contributed by atoms with E-state index in [1.165, 1.54) is 0 Å². The van der Waals surface area contributed by atoms with Crippen LogP contribution in [-0.2, 0) is 4.79 Å². The number of rotatable bonds is 2. The van der Waals surface area contributed by atoms with E-state index in [2.05, 4.69) is 10.6 Å². The molecule has 0 saturated carbocycles. The highest BCUT2D eigenvalue weighted by molar-refractivity contribution is 5.96. The number of phenols is 1. The van der Waals surface area contributed by atoms with Crippen LogP contribution in [0.25, 0.3) is 0 Å². The maximum Gasteiger partial charge on any atom is 0.231 e. The molecular formula is C12H16N2O2. The number of carbonyl (C=O) groups excluding carboxylic acids is 1. The van der Waals surface area contributed by atoms with Crippen LogP contribution in [0, 0.1) is 5.41 Å². The molecule has 0 bridgehead atoms. The van der Waals surface area contributed by atoms with E-state index in [1.54, 1.807) is 24.3 Å². The van der Waals surface area contributed by atoms with Gasteiger partial charge >= 0.3 is 0 Å². The normalized spacial score (nSPS) is 24.3. The summed E-state index contributed by atoms with van der Waals surface area (Å²) in [7, 11) is 0. The molecule has 0 radical (unpaired) electrons. The van der Waals surface area contributed by atoms with Gasteiger partial charge in [-0.05, 0) is 32.0 Å². The Morgan fingerprint density at radius 3 is 2.88 bits per heavy atom. The van der Waals surface area contributed by atoms with Crippen LogP contribution >= 0.6 is 0 Å². The molecule has 1 aromatic rings. The Kier molecular flexibility index (Phi) is 2.83. The summed E-state index contributed by atoms with van der Waals surface area (Å²) < 4.78 is 0. The Labute approximate surface area is 94.7 Å². The Bertz CT molecular complexity index is 398. The third-order valence-electron chi connectivity index (χ3n) is 3.07. The second-order valence-corrected chi connectivity index (χ2v) is 4.46. The monoisotopic (exact) mass is 220 g/mol. The number of benzene rings is 1. The van der Waals surface area contributed by atoms with Gasteiger partial charge in [-0.15, -0.1) is 0 Å². The summed E-state index contributed by atoms with van der Waals surface area (Å²) in [5, 5.41) is 15.5. The molecule has 1 aromatic carbocycles. The number of carbonyl (C=O) groups is 1. The first-order chi connectivity index (χ1) is 7.62. The zero-order valence-corrected chi connectivity index (χ0v) is 9.29. The van der Waals surface area contributed by atoms with Crippen LogP contribution in [-0.4, -0.2) is 24.1 Å². The zero-order chi connectivity index (χ0) is 11.6. The summed E-state index contributed by atoms with van der Waals surface area (Å²) in [5.41, 5.74) is 0.100. The van der Waals surface area contributed by atoms with E-state index >= 15 is 0 Å². The predicted molar refractivity (Wildman–Crippen MR) is 62.3 cm³/mol. The fourth-order valence-corrected chi connectivity index (χ4v) is 1.86. The van der Waals surface area contributed by atoms with E-state index in [1.807, 2.05) is 6.92 Å². The Balaban J connectivity index is 2.10. The average molecular weight is 220 g/mol. The van der Waals surface area contributed by atoms with Gasteiger partial charge in [-0.25, -0.2) is 0 Å². The first kappa shape index (κ1) is 11.0. The van der Waals surface area contributed by atoms with E-state index in [-0.39, 0.29) is 17.1 Å². The van der Waals surface area contributed by atoms with Gasteiger partial charge in [-0.2, -0.15) is 0 Å². The molecule has 3 N–H and O–H groups in total. The summed E-state index contributed by atoms with van der Waals surface area (Å²) in [4.78, 5) is 12.0. The van der Waals surface area contributed by atoms with Crippen LogP contribution in [0.4, 0.5) is 5.69 Å². The van der Waals surface area contributed by atoms with Crippen LogP contribution in [0.1, 0.15) is 13.3 Å². The van der Waals surface area contributed by atoms with Crippen LogP contribution in [0.5, 0.6) is 5.75 Å². The standard InChI is InChI=1S/C12H16N2O2/c1-12(6-7-13-8-12)11(16)14-9-4-2-3-5-10(9)15/h2-5,13,15H,6-8H2,1H3,(H,14,16). The number of anilines is 1. The molecule has 16 heavy (non-hydrogen) atoms. The van der Waals surface area contributed by atoms with Crippen molar-refractivity contribution in [2.24, 2.45) is 5.41 Å². The second-order valence-electron chi connectivity index (χ2n) is 4.46. The maximum absolute atomic E-state index is 12.0. The number of aromatic hydroxyl groups is 1. The number of hydrogen-bond acceptors (Lipinski definition) is 3. The Hall–Kier alpha value is -1.55. The van der Waals surface area contributed by atoms with Crippen molar-refractivity contribution in [3.8, 4) is 5.75 Å². The second kappa shape index (κ2) is 4.14. The molecule has 0 aliphatic carbocycles. The highest BCUT2D eigenvalue weighted by atomic mass is 16.3. The topological polar surface area (TPSA) is 61.4 Å². The maximum atomic E-state index is 12.0. The molecule has 4 heteroatoms. The van der Waals surface area contributed by atoms with Gasteiger partial charge < -0.3 is 15.7 Å². The fraction of sp³-hybridized carbons (Fsp3) is 0.417. The molecule has 1 fully saturated rings.